The first-order chi connectivity index (χ1) is 17.7. The third-order valence-electron chi connectivity index (χ3n) is 6.12. The number of benzene rings is 3. The SMILES string of the molecule is O=C(Nc1cccc(Oc2ccccc2)c1)N[C@@H](Cc1ccccc1)C(=O)NCCCN1CCCC1. The van der Waals surface area contributed by atoms with Gasteiger partial charge in [0.2, 0.25) is 5.91 Å². The topological polar surface area (TPSA) is 82.7 Å². The van der Waals surface area contributed by atoms with Crippen LogP contribution in [0.15, 0.2) is 84.9 Å². The van der Waals surface area contributed by atoms with E-state index in [4.69, 9.17) is 4.74 Å². The molecule has 1 aliphatic rings. The molecule has 0 radical (unpaired) electrons. The fourth-order valence-electron chi connectivity index (χ4n) is 4.29. The van der Waals surface area contributed by atoms with Crippen LogP contribution in [-0.4, -0.2) is 49.1 Å². The minimum Gasteiger partial charge on any atom is -0.457 e. The third-order valence-corrected chi connectivity index (χ3v) is 6.12. The molecule has 0 unspecified atom stereocenters. The van der Waals surface area contributed by atoms with Gasteiger partial charge in [-0.25, -0.2) is 4.79 Å². The number of carbonyl (C=O) groups is 2. The average molecular weight is 487 g/mol. The zero-order chi connectivity index (χ0) is 25.0. The highest BCUT2D eigenvalue weighted by Crippen LogP contribution is 2.23. The first-order valence-electron chi connectivity index (χ1n) is 12.6. The monoisotopic (exact) mass is 486 g/mol. The number of ether oxygens (including phenoxy) is 1. The number of urea groups is 1. The molecular formula is C29H34N4O3. The van der Waals surface area contributed by atoms with Crippen LogP contribution in [0, 0.1) is 0 Å². The van der Waals surface area contributed by atoms with E-state index < -0.39 is 12.1 Å². The minimum absolute atomic E-state index is 0.184. The van der Waals surface area contributed by atoms with Crippen molar-refractivity contribution in [1.82, 2.24) is 15.5 Å². The van der Waals surface area contributed by atoms with Gasteiger partial charge in [-0.2, -0.15) is 0 Å². The van der Waals surface area contributed by atoms with Crippen molar-refractivity contribution in [3.8, 4) is 11.5 Å². The number of nitrogens with one attached hydrogen (secondary N) is 3. The van der Waals surface area contributed by atoms with E-state index in [0.717, 1.165) is 31.6 Å². The second-order valence-corrected chi connectivity index (χ2v) is 8.98. The van der Waals surface area contributed by atoms with Crippen LogP contribution in [0.25, 0.3) is 0 Å². The van der Waals surface area contributed by atoms with Crippen LogP contribution < -0.4 is 20.7 Å². The van der Waals surface area contributed by atoms with Crippen LogP contribution in [0.5, 0.6) is 11.5 Å². The molecule has 36 heavy (non-hydrogen) atoms. The van der Waals surface area contributed by atoms with Gasteiger partial charge in [0, 0.05) is 24.7 Å². The summed E-state index contributed by atoms with van der Waals surface area (Å²) < 4.78 is 5.85. The zero-order valence-corrected chi connectivity index (χ0v) is 20.5. The zero-order valence-electron chi connectivity index (χ0n) is 20.5. The lowest BCUT2D eigenvalue weighted by Gasteiger charge is -2.20. The van der Waals surface area contributed by atoms with Gasteiger partial charge in [0.25, 0.3) is 0 Å². The van der Waals surface area contributed by atoms with Gasteiger partial charge in [-0.15, -0.1) is 0 Å². The molecule has 1 saturated heterocycles. The Hall–Kier alpha value is -3.84. The number of carbonyl (C=O) groups excluding carboxylic acids is 2. The van der Waals surface area contributed by atoms with E-state index in [9.17, 15) is 9.59 Å². The van der Waals surface area contributed by atoms with Crippen LogP contribution in [-0.2, 0) is 11.2 Å². The summed E-state index contributed by atoms with van der Waals surface area (Å²) in [6, 6.07) is 25.2. The van der Waals surface area contributed by atoms with Crippen molar-refractivity contribution in [2.45, 2.75) is 31.7 Å². The molecule has 7 nitrogen and oxygen atoms in total. The van der Waals surface area contributed by atoms with E-state index >= 15 is 0 Å². The summed E-state index contributed by atoms with van der Waals surface area (Å²) >= 11 is 0. The molecule has 188 valence electrons. The van der Waals surface area contributed by atoms with Crippen LogP contribution in [0.3, 0.4) is 0 Å². The summed E-state index contributed by atoms with van der Waals surface area (Å²) in [4.78, 5) is 28.3. The Balaban J connectivity index is 1.33. The van der Waals surface area contributed by atoms with Gasteiger partial charge in [0.05, 0.1) is 0 Å². The Morgan fingerprint density at radius 1 is 0.861 bits per heavy atom. The molecule has 1 aliphatic heterocycles. The van der Waals surface area contributed by atoms with Crippen LogP contribution in [0.4, 0.5) is 10.5 Å². The number of para-hydroxylation sites is 1. The molecule has 1 heterocycles. The molecule has 0 aromatic heterocycles. The van der Waals surface area contributed by atoms with Crippen molar-refractivity contribution in [2.24, 2.45) is 0 Å². The van der Waals surface area contributed by atoms with Gasteiger partial charge in [-0.3, -0.25) is 4.79 Å². The molecule has 3 aromatic carbocycles. The fraction of sp³-hybridized carbons (Fsp3) is 0.310. The normalized spacial score (nSPS) is 14.1. The Morgan fingerprint density at radius 3 is 2.31 bits per heavy atom. The van der Waals surface area contributed by atoms with Gasteiger partial charge in [-0.05, 0) is 68.7 Å². The highest BCUT2D eigenvalue weighted by Gasteiger charge is 2.21. The molecule has 1 atom stereocenters. The lowest BCUT2D eigenvalue weighted by atomic mass is 10.1. The minimum atomic E-state index is -0.692. The molecule has 3 N–H and O–H groups in total. The third kappa shape index (κ3) is 8.13. The van der Waals surface area contributed by atoms with Crippen molar-refractivity contribution < 1.29 is 14.3 Å². The molecule has 1 fully saturated rings. The molecule has 0 aliphatic carbocycles. The second-order valence-electron chi connectivity index (χ2n) is 8.98. The fourth-order valence-corrected chi connectivity index (χ4v) is 4.29. The Kier molecular flexibility index (Phi) is 9.33. The summed E-state index contributed by atoms with van der Waals surface area (Å²) in [7, 11) is 0. The summed E-state index contributed by atoms with van der Waals surface area (Å²) in [6.07, 6.45) is 3.81. The van der Waals surface area contributed by atoms with Crippen molar-refractivity contribution in [3.63, 3.8) is 0 Å². The molecular weight excluding hydrogens is 452 g/mol. The second kappa shape index (κ2) is 13.3. The predicted octanol–water partition coefficient (Wildman–Crippen LogP) is 4.81. The lowest BCUT2D eigenvalue weighted by molar-refractivity contribution is -0.122. The van der Waals surface area contributed by atoms with Crippen LogP contribution >= 0.6 is 0 Å². The Labute approximate surface area is 212 Å². The summed E-state index contributed by atoms with van der Waals surface area (Å²) in [5.74, 6) is 1.13. The van der Waals surface area contributed by atoms with Gasteiger partial charge in [-0.1, -0.05) is 54.6 Å². The van der Waals surface area contributed by atoms with Crippen LogP contribution in [0.1, 0.15) is 24.8 Å². The van der Waals surface area contributed by atoms with Crippen molar-refractivity contribution in [1.29, 1.82) is 0 Å². The van der Waals surface area contributed by atoms with Crippen molar-refractivity contribution in [2.75, 3.05) is 31.5 Å². The predicted molar refractivity (Wildman–Crippen MR) is 142 cm³/mol. The molecule has 3 aromatic rings. The quantitative estimate of drug-likeness (QED) is 0.340. The van der Waals surface area contributed by atoms with Gasteiger partial charge in [0.1, 0.15) is 17.5 Å². The largest absolute Gasteiger partial charge is 0.457 e. The first-order valence-corrected chi connectivity index (χ1v) is 12.6. The number of likely N-dealkylation sites (tertiary alicyclic amines) is 1. The Bertz CT molecular complexity index is 1100. The number of hydrogen-bond acceptors (Lipinski definition) is 4. The average Bonchev–Trinajstić information content (AvgIpc) is 3.41. The van der Waals surface area contributed by atoms with Gasteiger partial charge >= 0.3 is 6.03 Å². The molecule has 3 amide bonds. The maximum Gasteiger partial charge on any atom is 0.319 e. The van der Waals surface area contributed by atoms with Crippen molar-refractivity contribution in [3.05, 3.63) is 90.5 Å². The van der Waals surface area contributed by atoms with E-state index in [1.807, 2.05) is 72.8 Å². The maximum atomic E-state index is 13.0. The number of hydrogen-bond donors (Lipinski definition) is 3. The van der Waals surface area contributed by atoms with E-state index in [-0.39, 0.29) is 5.91 Å². The molecule has 0 spiro atoms. The molecule has 7 heteroatoms. The van der Waals surface area contributed by atoms with Crippen LogP contribution in [0.2, 0.25) is 0 Å². The maximum absolute atomic E-state index is 13.0. The van der Waals surface area contributed by atoms with E-state index in [0.29, 0.717) is 30.2 Å². The highest BCUT2D eigenvalue weighted by atomic mass is 16.5. The first kappa shape index (κ1) is 25.3. The number of rotatable bonds is 11. The summed E-state index contributed by atoms with van der Waals surface area (Å²) in [5.41, 5.74) is 1.55. The van der Waals surface area contributed by atoms with Gasteiger partial charge in [0.15, 0.2) is 0 Å². The molecule has 0 saturated carbocycles. The summed E-state index contributed by atoms with van der Waals surface area (Å²) in [5, 5.41) is 8.68. The van der Waals surface area contributed by atoms with Gasteiger partial charge < -0.3 is 25.6 Å². The number of amides is 3. The van der Waals surface area contributed by atoms with Crippen molar-refractivity contribution >= 4 is 17.6 Å². The number of nitrogens with zero attached hydrogens (tertiary/aromatic N) is 1. The summed E-state index contributed by atoms with van der Waals surface area (Å²) in [6.45, 7) is 3.86. The lowest BCUT2D eigenvalue weighted by Crippen LogP contribution is -2.49. The molecule has 4 rings (SSSR count). The van der Waals surface area contributed by atoms with E-state index in [1.165, 1.54) is 12.8 Å². The highest BCUT2D eigenvalue weighted by molar-refractivity contribution is 5.94. The smallest absolute Gasteiger partial charge is 0.319 e. The van der Waals surface area contributed by atoms with E-state index in [2.05, 4.69) is 20.9 Å². The Morgan fingerprint density at radius 2 is 1.56 bits per heavy atom. The number of anilines is 1. The standard InChI is InChI=1S/C29H34N4O3/c34-28(30-17-10-20-33-18-7-8-19-33)27(21-23-11-3-1-4-12-23)32-29(35)31-24-13-9-16-26(22-24)36-25-14-5-2-6-15-25/h1-6,9,11-16,22,27H,7-8,10,17-21H2,(H,30,34)(H2,31,32,35)/t27-/m0/s1. The molecule has 0 bridgehead atoms. The van der Waals surface area contributed by atoms with E-state index in [1.54, 1.807) is 12.1 Å².